The van der Waals surface area contributed by atoms with Gasteiger partial charge < -0.3 is 14.9 Å². The number of carbonyl (C=O) groups is 1. The highest BCUT2D eigenvalue weighted by Crippen LogP contribution is 2.42. The minimum atomic E-state index is -0.728. The van der Waals surface area contributed by atoms with E-state index >= 15 is 0 Å². The summed E-state index contributed by atoms with van der Waals surface area (Å²) in [5.41, 5.74) is 2.76. The molecule has 0 bridgehead atoms. The molecule has 2 aliphatic rings. The maximum atomic E-state index is 12.2. The number of fused-ring (bicyclic) bond motifs is 1. The average molecular weight is 479 g/mol. The molecule has 8 heteroatoms. The number of rotatable bonds is 8. The van der Waals surface area contributed by atoms with Crippen LogP contribution < -0.4 is 4.74 Å². The van der Waals surface area contributed by atoms with Crippen molar-refractivity contribution in [1.29, 1.82) is 0 Å². The Morgan fingerprint density at radius 1 is 1.26 bits per heavy atom. The van der Waals surface area contributed by atoms with Crippen molar-refractivity contribution in [2.75, 3.05) is 20.2 Å². The minimum Gasteiger partial charge on any atom is -0.497 e. The molecule has 0 spiro atoms. The molecule has 1 aliphatic carbocycles. The molecule has 1 aromatic carbocycles. The van der Waals surface area contributed by atoms with E-state index < -0.39 is 18.0 Å². The predicted molar refractivity (Wildman–Crippen MR) is 132 cm³/mol. The summed E-state index contributed by atoms with van der Waals surface area (Å²) in [4.78, 5) is 18.9. The Bertz CT molecular complexity index is 1190. The van der Waals surface area contributed by atoms with Crippen molar-refractivity contribution in [2.45, 2.75) is 50.2 Å². The summed E-state index contributed by atoms with van der Waals surface area (Å²) in [6.45, 7) is 1.50. The zero-order valence-corrected chi connectivity index (χ0v) is 20.4. The fourth-order valence-corrected chi connectivity index (χ4v) is 5.85. The van der Waals surface area contributed by atoms with Crippen LogP contribution in [0, 0.1) is 11.8 Å². The van der Waals surface area contributed by atoms with Crippen LogP contribution in [0.4, 0.5) is 0 Å². The molecule has 2 N–H and O–H groups in total. The number of methoxy groups -OCH3 is 1. The lowest BCUT2D eigenvalue weighted by atomic mass is 9.74. The second kappa shape index (κ2) is 9.95. The van der Waals surface area contributed by atoms with Gasteiger partial charge >= 0.3 is 5.97 Å². The fourth-order valence-electron chi connectivity index (χ4n) is 5.85. The maximum absolute atomic E-state index is 12.2. The van der Waals surface area contributed by atoms with Crippen LogP contribution >= 0.6 is 0 Å². The summed E-state index contributed by atoms with van der Waals surface area (Å²) >= 11 is 0. The number of benzene rings is 1. The molecule has 3 atom stereocenters. The number of aliphatic hydroxyl groups excluding tert-OH is 1. The third-order valence-corrected chi connectivity index (χ3v) is 8.04. The second-order valence-corrected chi connectivity index (χ2v) is 10.1. The van der Waals surface area contributed by atoms with E-state index in [1.54, 1.807) is 13.3 Å². The highest BCUT2D eigenvalue weighted by Gasteiger charge is 2.41. The molecule has 1 saturated carbocycles. The van der Waals surface area contributed by atoms with Crippen LogP contribution in [0.1, 0.15) is 55.4 Å². The van der Waals surface area contributed by atoms with Gasteiger partial charge in [-0.05, 0) is 80.5 Å². The largest absolute Gasteiger partial charge is 0.497 e. The lowest BCUT2D eigenvalue weighted by Gasteiger charge is -2.47. The van der Waals surface area contributed by atoms with Gasteiger partial charge in [-0.15, -0.1) is 0 Å². The molecule has 0 unspecified atom stereocenters. The first-order chi connectivity index (χ1) is 16.9. The van der Waals surface area contributed by atoms with Gasteiger partial charge in [0.2, 0.25) is 0 Å². The van der Waals surface area contributed by atoms with Crippen LogP contribution in [0.2, 0.25) is 0 Å². The predicted octanol–water partition coefficient (Wildman–Crippen LogP) is 3.76. The number of carboxylic acids is 1. The lowest BCUT2D eigenvalue weighted by molar-refractivity contribution is -0.147. The van der Waals surface area contributed by atoms with E-state index in [2.05, 4.69) is 21.0 Å². The van der Waals surface area contributed by atoms with E-state index in [0.29, 0.717) is 31.3 Å². The first kappa shape index (κ1) is 23.8. The Balaban J connectivity index is 1.20. The molecule has 0 radical (unpaired) electrons. The summed E-state index contributed by atoms with van der Waals surface area (Å²) in [5.74, 6) is 0.130. The highest BCUT2D eigenvalue weighted by atomic mass is 16.5. The summed E-state index contributed by atoms with van der Waals surface area (Å²) in [7, 11) is 3.56. The van der Waals surface area contributed by atoms with Gasteiger partial charge in [-0.25, -0.2) is 0 Å². The molecule has 1 saturated heterocycles. The van der Waals surface area contributed by atoms with E-state index in [-0.39, 0.29) is 5.92 Å². The van der Waals surface area contributed by atoms with Gasteiger partial charge in [-0.2, -0.15) is 5.10 Å². The van der Waals surface area contributed by atoms with Gasteiger partial charge in [-0.1, -0.05) is 0 Å². The van der Waals surface area contributed by atoms with Gasteiger partial charge in [0.15, 0.2) is 0 Å². The molecule has 8 nitrogen and oxygen atoms in total. The number of aliphatic hydroxyl groups is 1. The molecule has 1 aliphatic heterocycles. The zero-order valence-electron chi connectivity index (χ0n) is 20.4. The van der Waals surface area contributed by atoms with E-state index in [1.807, 2.05) is 42.2 Å². The Morgan fingerprint density at radius 3 is 2.80 bits per heavy atom. The number of hydrogen-bond acceptors (Lipinski definition) is 6. The molecule has 3 aromatic rings. The summed E-state index contributed by atoms with van der Waals surface area (Å²) < 4.78 is 7.19. The van der Waals surface area contributed by atoms with Gasteiger partial charge in [0.25, 0.3) is 0 Å². The average Bonchev–Trinajstić information content (AvgIpc) is 3.26. The minimum absolute atomic E-state index is 0.0627. The number of likely N-dealkylation sites (tertiary alicyclic amines) is 1. The van der Waals surface area contributed by atoms with Crippen LogP contribution in [-0.2, 0) is 11.8 Å². The van der Waals surface area contributed by atoms with Crippen LogP contribution in [0.25, 0.3) is 10.9 Å². The first-order valence-electron chi connectivity index (χ1n) is 12.5. The number of hydrogen-bond donors (Lipinski definition) is 2. The smallest absolute Gasteiger partial charge is 0.308 e. The van der Waals surface area contributed by atoms with Crippen molar-refractivity contribution in [3.05, 3.63) is 54.0 Å². The Kier molecular flexibility index (Phi) is 6.75. The number of carboxylic acid groups (broad SMARTS) is 1. The second-order valence-electron chi connectivity index (χ2n) is 10.1. The van der Waals surface area contributed by atoms with Crippen molar-refractivity contribution in [2.24, 2.45) is 18.9 Å². The number of aliphatic carboxylic acids is 1. The highest BCUT2D eigenvalue weighted by molar-refractivity contribution is 5.83. The number of aromatic nitrogens is 3. The van der Waals surface area contributed by atoms with Gasteiger partial charge in [-0.3, -0.25) is 19.4 Å². The number of ether oxygens (including phenoxy) is 1. The molecule has 2 fully saturated rings. The van der Waals surface area contributed by atoms with Gasteiger partial charge in [0.05, 0.1) is 30.3 Å². The van der Waals surface area contributed by atoms with Crippen LogP contribution in [-0.4, -0.2) is 62.1 Å². The number of aryl methyl sites for hydroxylation is 1. The molecule has 0 amide bonds. The van der Waals surface area contributed by atoms with Crippen molar-refractivity contribution < 1.29 is 19.7 Å². The Morgan fingerprint density at radius 2 is 2.09 bits per heavy atom. The molecular weight excluding hydrogens is 444 g/mol. The monoisotopic (exact) mass is 478 g/mol. The van der Waals surface area contributed by atoms with E-state index in [9.17, 15) is 15.0 Å². The molecular formula is C27H34N4O4. The molecule has 186 valence electrons. The topological polar surface area (TPSA) is 101 Å². The van der Waals surface area contributed by atoms with Crippen molar-refractivity contribution >= 4 is 16.9 Å². The quantitative estimate of drug-likeness (QED) is 0.508. The molecule has 35 heavy (non-hydrogen) atoms. The first-order valence-corrected chi connectivity index (χ1v) is 12.5. The van der Waals surface area contributed by atoms with E-state index in [0.717, 1.165) is 53.7 Å². The third-order valence-electron chi connectivity index (χ3n) is 8.04. The Hall–Kier alpha value is -2.97. The van der Waals surface area contributed by atoms with Crippen LogP contribution in [0.15, 0.2) is 42.7 Å². The summed E-state index contributed by atoms with van der Waals surface area (Å²) in [5, 5.41) is 26.4. The van der Waals surface area contributed by atoms with Crippen molar-refractivity contribution in [3.63, 3.8) is 0 Å². The maximum Gasteiger partial charge on any atom is 0.308 e. The van der Waals surface area contributed by atoms with E-state index in [4.69, 9.17) is 4.74 Å². The number of pyridine rings is 1. The zero-order chi connectivity index (χ0) is 24.5. The standard InChI is InChI=1S/C27H34N4O4/c1-30-11-9-24(29-30)18-13-19(14-18)31-12-8-17(23(16-31)27(33)34)3-6-26(32)21-7-10-28-25-5-4-20(35-2)15-22(21)25/h4-5,7,9-11,15,17-19,23,26,32H,3,6,8,12-14,16H2,1-2H3,(H,33,34)/t17-,18?,19?,23+,26+/m1/s1. The van der Waals surface area contributed by atoms with Crippen LogP contribution in [0.5, 0.6) is 5.75 Å². The van der Waals surface area contributed by atoms with Gasteiger partial charge in [0.1, 0.15) is 5.75 Å². The van der Waals surface area contributed by atoms with Crippen molar-refractivity contribution in [3.8, 4) is 5.75 Å². The lowest BCUT2D eigenvalue weighted by Crippen LogP contribution is -2.52. The third kappa shape index (κ3) is 4.90. The van der Waals surface area contributed by atoms with Crippen LogP contribution in [0.3, 0.4) is 0 Å². The molecule has 2 aromatic heterocycles. The summed E-state index contributed by atoms with van der Waals surface area (Å²) in [6.07, 6.45) is 7.16. The Labute approximate surface area is 205 Å². The normalized spacial score (nSPS) is 25.8. The molecule has 3 heterocycles. The number of nitrogens with zero attached hydrogens (tertiary/aromatic N) is 4. The SMILES string of the molecule is COc1ccc2nccc([C@@H](O)CC[C@@H]3CCN(C4CC(c5ccn(C)n5)C4)C[C@@H]3C(=O)O)c2c1. The van der Waals surface area contributed by atoms with Gasteiger partial charge in [0, 0.05) is 43.3 Å². The summed E-state index contributed by atoms with van der Waals surface area (Å²) in [6, 6.07) is 10.0. The fraction of sp³-hybridized carbons (Fsp3) is 0.519. The number of piperidine rings is 1. The van der Waals surface area contributed by atoms with Crippen molar-refractivity contribution in [1.82, 2.24) is 19.7 Å². The van der Waals surface area contributed by atoms with E-state index in [1.165, 1.54) is 0 Å². The molecule has 5 rings (SSSR count).